The molecule has 0 unspecified atom stereocenters. The molecule has 4 nitrogen and oxygen atoms in total. The van der Waals surface area contributed by atoms with E-state index in [1.165, 1.54) is 0 Å². The van der Waals surface area contributed by atoms with Gasteiger partial charge in [0.2, 0.25) is 0 Å². The third-order valence-corrected chi connectivity index (χ3v) is 2.81. The Morgan fingerprint density at radius 2 is 2.00 bits per heavy atom. The first kappa shape index (κ1) is 9.96. The van der Waals surface area contributed by atoms with E-state index in [-0.39, 0.29) is 0 Å². The van der Waals surface area contributed by atoms with Gasteiger partial charge in [0.15, 0.2) is 5.65 Å². The van der Waals surface area contributed by atoms with Gasteiger partial charge in [0.1, 0.15) is 0 Å². The van der Waals surface area contributed by atoms with Gasteiger partial charge in [-0.1, -0.05) is 6.07 Å². The highest BCUT2D eigenvalue weighted by atomic mass is 15.2. The lowest BCUT2D eigenvalue weighted by atomic mass is 10.1. The normalized spacial score (nSPS) is 10.9. The second kappa shape index (κ2) is 3.66. The van der Waals surface area contributed by atoms with Crippen LogP contribution in [0.1, 0.15) is 11.4 Å². The third-order valence-electron chi connectivity index (χ3n) is 2.81. The summed E-state index contributed by atoms with van der Waals surface area (Å²) in [6, 6.07) is 5.92. The van der Waals surface area contributed by atoms with E-state index >= 15 is 0 Å². The molecule has 0 bridgehead atoms. The molecule has 0 radical (unpaired) electrons. The molecule has 3 heterocycles. The van der Waals surface area contributed by atoms with Crippen LogP contribution in [-0.4, -0.2) is 19.6 Å². The number of pyridine rings is 1. The zero-order valence-corrected chi connectivity index (χ0v) is 9.75. The van der Waals surface area contributed by atoms with Gasteiger partial charge in [0.25, 0.3) is 0 Å². The SMILES string of the molecule is Cc1ccn2ncc(-c3cccnc3C)c2n1. The molecule has 0 aliphatic heterocycles. The van der Waals surface area contributed by atoms with E-state index in [1.807, 2.05) is 44.4 Å². The average Bonchev–Trinajstić information content (AvgIpc) is 2.72. The van der Waals surface area contributed by atoms with Crippen molar-refractivity contribution >= 4 is 5.65 Å². The fourth-order valence-corrected chi connectivity index (χ4v) is 1.92. The van der Waals surface area contributed by atoms with Gasteiger partial charge in [0, 0.05) is 34.9 Å². The zero-order valence-electron chi connectivity index (χ0n) is 9.75. The van der Waals surface area contributed by atoms with Gasteiger partial charge in [0.05, 0.1) is 6.20 Å². The molecule has 0 saturated heterocycles. The van der Waals surface area contributed by atoms with Crippen molar-refractivity contribution in [1.29, 1.82) is 0 Å². The summed E-state index contributed by atoms with van der Waals surface area (Å²) in [5, 5.41) is 4.30. The summed E-state index contributed by atoms with van der Waals surface area (Å²) < 4.78 is 1.79. The Labute approximate surface area is 99.0 Å². The Balaban J connectivity index is 2.31. The molecule has 0 fully saturated rings. The van der Waals surface area contributed by atoms with Crippen LogP contribution < -0.4 is 0 Å². The minimum atomic E-state index is 0.876. The van der Waals surface area contributed by atoms with Crippen molar-refractivity contribution in [2.24, 2.45) is 0 Å². The van der Waals surface area contributed by atoms with E-state index < -0.39 is 0 Å². The van der Waals surface area contributed by atoms with Crippen molar-refractivity contribution in [3.8, 4) is 11.1 Å². The van der Waals surface area contributed by atoms with Crippen molar-refractivity contribution in [2.45, 2.75) is 13.8 Å². The number of hydrogen-bond donors (Lipinski definition) is 0. The monoisotopic (exact) mass is 224 g/mol. The number of hydrogen-bond acceptors (Lipinski definition) is 3. The largest absolute Gasteiger partial charge is 0.261 e. The van der Waals surface area contributed by atoms with Gasteiger partial charge in [-0.15, -0.1) is 0 Å². The number of nitrogens with zero attached hydrogens (tertiary/aromatic N) is 4. The van der Waals surface area contributed by atoms with Crippen LogP contribution in [0.5, 0.6) is 0 Å². The average molecular weight is 224 g/mol. The lowest BCUT2D eigenvalue weighted by Crippen LogP contribution is -1.92. The summed E-state index contributed by atoms with van der Waals surface area (Å²) in [5.41, 5.74) is 4.97. The van der Waals surface area contributed by atoms with Crippen LogP contribution >= 0.6 is 0 Å². The molecule has 0 aromatic carbocycles. The van der Waals surface area contributed by atoms with E-state index in [1.54, 1.807) is 10.7 Å². The molecule has 0 aliphatic carbocycles. The number of fused-ring (bicyclic) bond motifs is 1. The van der Waals surface area contributed by atoms with Crippen molar-refractivity contribution < 1.29 is 0 Å². The molecule has 0 atom stereocenters. The Morgan fingerprint density at radius 3 is 2.82 bits per heavy atom. The van der Waals surface area contributed by atoms with Crippen LogP contribution in [-0.2, 0) is 0 Å². The second-order valence-corrected chi connectivity index (χ2v) is 4.03. The molecular formula is C13H12N4. The Hall–Kier alpha value is -2.23. The molecule has 3 rings (SSSR count). The van der Waals surface area contributed by atoms with Crippen LogP contribution in [0.2, 0.25) is 0 Å². The molecule has 0 amide bonds. The standard InChI is InChI=1S/C13H12N4/c1-9-5-7-17-13(16-9)12(8-15-17)11-4-3-6-14-10(11)2/h3-8H,1-2H3. The minimum Gasteiger partial charge on any atom is -0.261 e. The van der Waals surface area contributed by atoms with Crippen molar-refractivity contribution in [2.75, 3.05) is 0 Å². The van der Waals surface area contributed by atoms with Crippen molar-refractivity contribution in [3.63, 3.8) is 0 Å². The van der Waals surface area contributed by atoms with Crippen molar-refractivity contribution in [3.05, 3.63) is 48.2 Å². The zero-order chi connectivity index (χ0) is 11.8. The first-order valence-corrected chi connectivity index (χ1v) is 5.49. The summed E-state index contributed by atoms with van der Waals surface area (Å²) in [5.74, 6) is 0. The molecule has 0 aliphatic rings. The van der Waals surface area contributed by atoms with Gasteiger partial charge in [-0.05, 0) is 26.0 Å². The number of aryl methyl sites for hydroxylation is 2. The highest BCUT2D eigenvalue weighted by Gasteiger charge is 2.10. The molecule has 84 valence electrons. The highest BCUT2D eigenvalue weighted by molar-refractivity contribution is 5.78. The maximum Gasteiger partial charge on any atom is 0.163 e. The Bertz CT molecular complexity index is 685. The molecular weight excluding hydrogens is 212 g/mol. The number of rotatable bonds is 1. The van der Waals surface area contributed by atoms with Crippen LogP contribution in [0, 0.1) is 13.8 Å². The second-order valence-electron chi connectivity index (χ2n) is 4.03. The van der Waals surface area contributed by atoms with Crippen LogP contribution in [0.4, 0.5) is 0 Å². The predicted molar refractivity (Wildman–Crippen MR) is 65.7 cm³/mol. The van der Waals surface area contributed by atoms with E-state index in [0.29, 0.717) is 0 Å². The minimum absolute atomic E-state index is 0.876. The smallest absolute Gasteiger partial charge is 0.163 e. The van der Waals surface area contributed by atoms with Gasteiger partial charge >= 0.3 is 0 Å². The fourth-order valence-electron chi connectivity index (χ4n) is 1.92. The third kappa shape index (κ3) is 1.58. The van der Waals surface area contributed by atoms with Gasteiger partial charge in [-0.2, -0.15) is 5.10 Å². The maximum atomic E-state index is 4.53. The van der Waals surface area contributed by atoms with E-state index in [0.717, 1.165) is 28.2 Å². The van der Waals surface area contributed by atoms with Gasteiger partial charge in [-0.25, -0.2) is 9.50 Å². The number of aromatic nitrogens is 4. The van der Waals surface area contributed by atoms with Crippen LogP contribution in [0.25, 0.3) is 16.8 Å². The van der Waals surface area contributed by atoms with E-state index in [9.17, 15) is 0 Å². The van der Waals surface area contributed by atoms with E-state index in [2.05, 4.69) is 15.1 Å². The first-order valence-electron chi connectivity index (χ1n) is 5.49. The highest BCUT2D eigenvalue weighted by Crippen LogP contribution is 2.24. The topological polar surface area (TPSA) is 43.1 Å². The van der Waals surface area contributed by atoms with Crippen LogP contribution in [0.15, 0.2) is 36.8 Å². The fraction of sp³-hybridized carbons (Fsp3) is 0.154. The summed E-state index contributed by atoms with van der Waals surface area (Å²) in [7, 11) is 0. The first-order chi connectivity index (χ1) is 8.25. The predicted octanol–water partition coefficient (Wildman–Crippen LogP) is 2.41. The summed E-state index contributed by atoms with van der Waals surface area (Å²) >= 11 is 0. The molecule has 4 heteroatoms. The lowest BCUT2D eigenvalue weighted by molar-refractivity contribution is 0.929. The molecule has 3 aromatic heterocycles. The lowest BCUT2D eigenvalue weighted by Gasteiger charge is -2.02. The van der Waals surface area contributed by atoms with E-state index in [4.69, 9.17) is 0 Å². The van der Waals surface area contributed by atoms with Crippen molar-refractivity contribution in [1.82, 2.24) is 19.6 Å². The Kier molecular flexibility index (Phi) is 2.14. The molecule has 0 N–H and O–H groups in total. The van der Waals surface area contributed by atoms with Gasteiger partial charge in [-0.3, -0.25) is 4.98 Å². The summed E-state index contributed by atoms with van der Waals surface area (Å²) in [6.45, 7) is 3.97. The molecule has 0 saturated carbocycles. The van der Waals surface area contributed by atoms with Gasteiger partial charge < -0.3 is 0 Å². The molecule has 0 spiro atoms. The quantitative estimate of drug-likeness (QED) is 0.637. The maximum absolute atomic E-state index is 4.53. The summed E-state index contributed by atoms with van der Waals surface area (Å²) in [6.07, 6.45) is 5.56. The Morgan fingerprint density at radius 1 is 1.12 bits per heavy atom. The summed E-state index contributed by atoms with van der Waals surface area (Å²) in [4.78, 5) is 8.83. The molecule has 17 heavy (non-hydrogen) atoms. The van der Waals surface area contributed by atoms with Crippen LogP contribution in [0.3, 0.4) is 0 Å². The molecule has 3 aromatic rings.